The van der Waals surface area contributed by atoms with Crippen LogP contribution in [0.25, 0.3) is 0 Å². The van der Waals surface area contributed by atoms with Crippen molar-refractivity contribution in [1.29, 1.82) is 0 Å². The number of nitrogens with one attached hydrogen (secondary N) is 1. The molecule has 1 aliphatic rings. The van der Waals surface area contributed by atoms with Gasteiger partial charge in [-0.3, -0.25) is 4.98 Å². The van der Waals surface area contributed by atoms with Crippen molar-refractivity contribution in [1.82, 2.24) is 10.3 Å². The van der Waals surface area contributed by atoms with Gasteiger partial charge in [0.15, 0.2) is 0 Å². The molecule has 94 valence electrons. The largest absolute Gasteiger partial charge is 0.394 e. The molecule has 4 heteroatoms. The van der Waals surface area contributed by atoms with Crippen molar-refractivity contribution in [3.8, 4) is 0 Å². The lowest BCUT2D eigenvalue weighted by Crippen LogP contribution is -2.48. The molecule has 1 aliphatic carbocycles. The van der Waals surface area contributed by atoms with Gasteiger partial charge in [0.1, 0.15) is 5.82 Å². The summed E-state index contributed by atoms with van der Waals surface area (Å²) in [5, 5.41) is 13.0. The SMILES string of the molecule is CC(CO)(NC1CCCC1)c1ccc(F)cn1. The summed E-state index contributed by atoms with van der Waals surface area (Å²) >= 11 is 0. The van der Waals surface area contributed by atoms with Crippen LogP contribution in [0.2, 0.25) is 0 Å². The molecule has 1 saturated carbocycles. The number of pyridine rings is 1. The molecule has 1 aromatic rings. The van der Waals surface area contributed by atoms with Crippen LogP contribution < -0.4 is 5.32 Å². The first kappa shape index (κ1) is 12.5. The summed E-state index contributed by atoms with van der Waals surface area (Å²) in [6.07, 6.45) is 5.93. The fourth-order valence-electron chi connectivity index (χ4n) is 2.42. The Balaban J connectivity index is 2.14. The third-order valence-corrected chi connectivity index (χ3v) is 3.49. The van der Waals surface area contributed by atoms with Gasteiger partial charge in [0, 0.05) is 6.04 Å². The molecule has 1 unspecified atom stereocenters. The van der Waals surface area contributed by atoms with Crippen molar-refractivity contribution in [2.75, 3.05) is 6.61 Å². The highest BCUT2D eigenvalue weighted by molar-refractivity contribution is 5.16. The van der Waals surface area contributed by atoms with E-state index in [1.165, 1.54) is 25.1 Å². The zero-order valence-corrected chi connectivity index (χ0v) is 10.1. The van der Waals surface area contributed by atoms with Gasteiger partial charge in [0.05, 0.1) is 24.0 Å². The van der Waals surface area contributed by atoms with Crippen LogP contribution in [0.5, 0.6) is 0 Å². The molecule has 1 aromatic heterocycles. The maximum Gasteiger partial charge on any atom is 0.141 e. The van der Waals surface area contributed by atoms with Crippen molar-refractivity contribution in [3.05, 3.63) is 29.8 Å². The molecular formula is C13H19FN2O. The second kappa shape index (κ2) is 5.10. The van der Waals surface area contributed by atoms with Crippen molar-refractivity contribution >= 4 is 0 Å². The quantitative estimate of drug-likeness (QED) is 0.843. The van der Waals surface area contributed by atoms with Gasteiger partial charge in [-0.2, -0.15) is 0 Å². The van der Waals surface area contributed by atoms with Gasteiger partial charge in [-0.1, -0.05) is 12.8 Å². The highest BCUT2D eigenvalue weighted by Gasteiger charge is 2.31. The summed E-state index contributed by atoms with van der Waals surface area (Å²) in [7, 11) is 0. The van der Waals surface area contributed by atoms with E-state index in [0.29, 0.717) is 11.7 Å². The van der Waals surface area contributed by atoms with Crippen molar-refractivity contribution < 1.29 is 9.50 Å². The summed E-state index contributed by atoms with van der Waals surface area (Å²) in [4.78, 5) is 4.07. The molecule has 0 radical (unpaired) electrons. The number of aliphatic hydroxyl groups excluding tert-OH is 1. The van der Waals surface area contributed by atoms with E-state index in [-0.39, 0.29) is 12.4 Å². The summed E-state index contributed by atoms with van der Waals surface area (Å²) in [5.74, 6) is -0.352. The summed E-state index contributed by atoms with van der Waals surface area (Å²) in [5.41, 5.74) is 0.108. The fraction of sp³-hybridized carbons (Fsp3) is 0.615. The molecule has 2 N–H and O–H groups in total. The normalized spacial score (nSPS) is 20.4. The lowest BCUT2D eigenvalue weighted by atomic mass is 9.96. The van der Waals surface area contributed by atoms with Crippen molar-refractivity contribution in [2.24, 2.45) is 0 Å². The average Bonchev–Trinajstić information content (AvgIpc) is 2.82. The zero-order valence-electron chi connectivity index (χ0n) is 10.1. The zero-order chi connectivity index (χ0) is 12.3. The monoisotopic (exact) mass is 238 g/mol. The Hall–Kier alpha value is -1.00. The Morgan fingerprint density at radius 2 is 2.18 bits per heavy atom. The van der Waals surface area contributed by atoms with Gasteiger partial charge in [-0.15, -0.1) is 0 Å². The predicted octanol–water partition coefficient (Wildman–Crippen LogP) is 1.96. The fourth-order valence-corrected chi connectivity index (χ4v) is 2.42. The Labute approximate surface area is 101 Å². The van der Waals surface area contributed by atoms with Gasteiger partial charge in [0.25, 0.3) is 0 Å². The van der Waals surface area contributed by atoms with Crippen LogP contribution in [0.4, 0.5) is 4.39 Å². The van der Waals surface area contributed by atoms with Crippen molar-refractivity contribution in [2.45, 2.75) is 44.2 Å². The van der Waals surface area contributed by atoms with Gasteiger partial charge >= 0.3 is 0 Å². The van der Waals surface area contributed by atoms with Gasteiger partial charge in [-0.05, 0) is 31.9 Å². The lowest BCUT2D eigenvalue weighted by Gasteiger charge is -2.31. The molecule has 0 saturated heterocycles. The van der Waals surface area contributed by atoms with E-state index >= 15 is 0 Å². The maximum atomic E-state index is 12.8. The number of nitrogens with zero attached hydrogens (tertiary/aromatic N) is 1. The van der Waals surface area contributed by atoms with Crippen LogP contribution in [0, 0.1) is 5.82 Å². The first-order valence-corrected chi connectivity index (χ1v) is 6.15. The van der Waals surface area contributed by atoms with Crippen LogP contribution in [-0.4, -0.2) is 22.7 Å². The minimum absolute atomic E-state index is 0.0396. The average molecular weight is 238 g/mol. The Morgan fingerprint density at radius 1 is 1.47 bits per heavy atom. The first-order valence-electron chi connectivity index (χ1n) is 6.15. The maximum absolute atomic E-state index is 12.8. The second-order valence-corrected chi connectivity index (χ2v) is 4.98. The number of aromatic nitrogens is 1. The predicted molar refractivity (Wildman–Crippen MR) is 64.0 cm³/mol. The molecule has 0 bridgehead atoms. The minimum atomic E-state index is -0.581. The Kier molecular flexibility index (Phi) is 3.74. The highest BCUT2D eigenvalue weighted by Crippen LogP contribution is 2.25. The second-order valence-electron chi connectivity index (χ2n) is 4.98. The van der Waals surface area contributed by atoms with E-state index in [0.717, 1.165) is 12.8 Å². The third kappa shape index (κ3) is 2.82. The number of rotatable bonds is 4. The van der Waals surface area contributed by atoms with E-state index in [1.54, 1.807) is 6.07 Å². The molecule has 1 heterocycles. The number of hydrogen-bond acceptors (Lipinski definition) is 3. The third-order valence-electron chi connectivity index (χ3n) is 3.49. The van der Waals surface area contributed by atoms with Crippen molar-refractivity contribution in [3.63, 3.8) is 0 Å². The first-order chi connectivity index (χ1) is 8.14. The van der Waals surface area contributed by atoms with E-state index in [2.05, 4.69) is 10.3 Å². The van der Waals surface area contributed by atoms with Gasteiger partial charge in [-0.25, -0.2) is 4.39 Å². The van der Waals surface area contributed by atoms with Crippen LogP contribution in [0.1, 0.15) is 38.3 Å². The minimum Gasteiger partial charge on any atom is -0.394 e. The highest BCUT2D eigenvalue weighted by atomic mass is 19.1. The molecule has 17 heavy (non-hydrogen) atoms. The van der Waals surface area contributed by atoms with E-state index in [1.807, 2.05) is 6.92 Å². The lowest BCUT2D eigenvalue weighted by molar-refractivity contribution is 0.157. The number of halogens is 1. The standard InChI is InChI=1S/C13H19FN2O/c1-13(9-17,16-11-4-2-3-5-11)12-7-6-10(14)8-15-12/h6-8,11,16-17H,2-5,9H2,1H3. The van der Waals surface area contributed by atoms with E-state index in [9.17, 15) is 9.50 Å². The molecular weight excluding hydrogens is 219 g/mol. The van der Waals surface area contributed by atoms with Gasteiger partial charge < -0.3 is 10.4 Å². The van der Waals surface area contributed by atoms with Crippen LogP contribution in [-0.2, 0) is 5.54 Å². The van der Waals surface area contributed by atoms with Gasteiger partial charge in [0.2, 0.25) is 0 Å². The summed E-state index contributed by atoms with van der Waals surface area (Å²) in [6.45, 7) is 1.87. The van der Waals surface area contributed by atoms with Crippen LogP contribution in [0.3, 0.4) is 0 Å². The molecule has 0 amide bonds. The Bertz CT molecular complexity index is 362. The molecule has 0 spiro atoms. The van der Waals surface area contributed by atoms with Crippen LogP contribution >= 0.6 is 0 Å². The molecule has 0 aliphatic heterocycles. The summed E-state index contributed by atoms with van der Waals surface area (Å²) in [6, 6.07) is 3.44. The summed E-state index contributed by atoms with van der Waals surface area (Å²) < 4.78 is 12.8. The molecule has 0 aromatic carbocycles. The van der Waals surface area contributed by atoms with E-state index in [4.69, 9.17) is 0 Å². The number of hydrogen-bond donors (Lipinski definition) is 2. The van der Waals surface area contributed by atoms with Crippen LogP contribution in [0.15, 0.2) is 18.3 Å². The number of aliphatic hydroxyl groups is 1. The smallest absolute Gasteiger partial charge is 0.141 e. The van der Waals surface area contributed by atoms with E-state index < -0.39 is 5.54 Å². The topological polar surface area (TPSA) is 45.1 Å². The molecule has 2 rings (SSSR count). The molecule has 3 nitrogen and oxygen atoms in total. The molecule has 1 atom stereocenters. The molecule has 1 fully saturated rings. The Morgan fingerprint density at radius 3 is 2.71 bits per heavy atom.